The molecule has 7 nitrogen and oxygen atoms in total. The Morgan fingerprint density at radius 2 is 1.62 bits per heavy atom. The van der Waals surface area contributed by atoms with Crippen LogP contribution < -0.4 is 10.6 Å². The summed E-state index contributed by atoms with van der Waals surface area (Å²) in [6.45, 7) is 4.25. The number of aliphatic carboxylic acids is 1. The second-order valence-corrected chi connectivity index (χ2v) is 9.48. The SMILES string of the molecule is CCC(C)CC(NC(=O)OCC1c2ccccc2-c2ccccc21)C(=O)NC1CC(C(=O)O)C1. The highest BCUT2D eigenvalue weighted by atomic mass is 16.5. The summed E-state index contributed by atoms with van der Waals surface area (Å²) in [7, 11) is 0. The van der Waals surface area contributed by atoms with Crippen molar-refractivity contribution in [3.8, 4) is 11.1 Å². The summed E-state index contributed by atoms with van der Waals surface area (Å²) in [6.07, 6.45) is 1.58. The summed E-state index contributed by atoms with van der Waals surface area (Å²) in [5, 5.41) is 14.7. The number of nitrogens with one attached hydrogen (secondary N) is 2. The summed E-state index contributed by atoms with van der Waals surface area (Å²) in [5.41, 5.74) is 4.56. The number of carboxylic acids is 1. The van der Waals surface area contributed by atoms with Gasteiger partial charge in [0.25, 0.3) is 0 Å². The maximum atomic E-state index is 12.9. The van der Waals surface area contributed by atoms with Gasteiger partial charge in [-0.15, -0.1) is 0 Å². The zero-order valence-electron chi connectivity index (χ0n) is 19.6. The lowest BCUT2D eigenvalue weighted by Crippen LogP contribution is -2.54. The predicted octanol–water partition coefficient (Wildman–Crippen LogP) is 4.31. The van der Waals surface area contributed by atoms with Gasteiger partial charge in [0.2, 0.25) is 5.91 Å². The van der Waals surface area contributed by atoms with Gasteiger partial charge in [0.15, 0.2) is 0 Å². The van der Waals surface area contributed by atoms with Crippen molar-refractivity contribution in [2.24, 2.45) is 11.8 Å². The standard InChI is InChI=1S/C27H32N2O5/c1-3-16(2)12-24(25(30)28-18-13-17(14-18)26(31)32)29-27(33)34-15-23-21-10-6-4-8-19(21)20-9-5-7-11-22(20)23/h4-11,16-18,23-24H,3,12-15H2,1-2H3,(H,28,30)(H,29,33)(H,31,32). The van der Waals surface area contributed by atoms with Gasteiger partial charge in [-0.25, -0.2) is 4.79 Å². The number of fused-ring (bicyclic) bond motifs is 3. The van der Waals surface area contributed by atoms with E-state index in [1.807, 2.05) is 38.1 Å². The molecule has 0 radical (unpaired) electrons. The van der Waals surface area contributed by atoms with Crippen LogP contribution in [0.25, 0.3) is 11.1 Å². The molecule has 3 N–H and O–H groups in total. The molecule has 1 saturated carbocycles. The minimum absolute atomic E-state index is 0.0529. The van der Waals surface area contributed by atoms with Crippen LogP contribution in [0.2, 0.25) is 0 Å². The highest BCUT2D eigenvalue weighted by Gasteiger charge is 2.37. The summed E-state index contributed by atoms with van der Waals surface area (Å²) in [6, 6.07) is 15.4. The highest BCUT2D eigenvalue weighted by Crippen LogP contribution is 2.44. The number of ether oxygens (including phenoxy) is 1. The molecule has 0 spiro atoms. The molecule has 0 aromatic heterocycles. The fraction of sp³-hybridized carbons (Fsp3) is 0.444. The van der Waals surface area contributed by atoms with Crippen molar-refractivity contribution < 1.29 is 24.2 Å². The molecule has 2 aromatic carbocycles. The number of carbonyl (C=O) groups excluding carboxylic acids is 2. The van der Waals surface area contributed by atoms with Crippen LogP contribution in [0.4, 0.5) is 4.79 Å². The molecule has 0 saturated heterocycles. The van der Waals surface area contributed by atoms with Crippen molar-refractivity contribution in [3.05, 3.63) is 59.7 Å². The Balaban J connectivity index is 1.37. The van der Waals surface area contributed by atoms with E-state index in [-0.39, 0.29) is 30.4 Å². The van der Waals surface area contributed by atoms with Crippen LogP contribution in [0.5, 0.6) is 0 Å². The topological polar surface area (TPSA) is 105 Å². The van der Waals surface area contributed by atoms with Crippen molar-refractivity contribution in [1.29, 1.82) is 0 Å². The van der Waals surface area contributed by atoms with Crippen molar-refractivity contribution in [2.45, 2.75) is 57.5 Å². The molecule has 0 bridgehead atoms. The molecule has 0 heterocycles. The van der Waals surface area contributed by atoms with Gasteiger partial charge in [-0.05, 0) is 47.4 Å². The number of rotatable bonds is 9. The van der Waals surface area contributed by atoms with Gasteiger partial charge in [-0.2, -0.15) is 0 Å². The Kier molecular flexibility index (Phi) is 7.20. The van der Waals surface area contributed by atoms with Gasteiger partial charge < -0.3 is 20.5 Å². The van der Waals surface area contributed by atoms with Crippen LogP contribution in [0.15, 0.2) is 48.5 Å². The monoisotopic (exact) mass is 464 g/mol. The Morgan fingerprint density at radius 3 is 2.18 bits per heavy atom. The van der Waals surface area contributed by atoms with Gasteiger partial charge in [-0.1, -0.05) is 68.8 Å². The Morgan fingerprint density at radius 1 is 1.03 bits per heavy atom. The van der Waals surface area contributed by atoms with Gasteiger partial charge in [0.05, 0.1) is 5.92 Å². The zero-order chi connectivity index (χ0) is 24.2. The van der Waals surface area contributed by atoms with Crippen LogP contribution >= 0.6 is 0 Å². The molecule has 1 fully saturated rings. The second kappa shape index (κ2) is 10.3. The first-order valence-electron chi connectivity index (χ1n) is 12.0. The van der Waals surface area contributed by atoms with Crippen molar-refractivity contribution in [1.82, 2.24) is 10.6 Å². The number of benzene rings is 2. The number of alkyl carbamates (subject to hydrolysis) is 1. The number of hydrogen-bond donors (Lipinski definition) is 3. The Labute approximate surface area is 199 Å². The maximum Gasteiger partial charge on any atom is 0.407 e. The lowest BCUT2D eigenvalue weighted by molar-refractivity contribution is -0.146. The molecule has 7 heteroatoms. The lowest BCUT2D eigenvalue weighted by atomic mass is 9.80. The van der Waals surface area contributed by atoms with Crippen LogP contribution in [0.1, 0.15) is 56.6 Å². The van der Waals surface area contributed by atoms with E-state index >= 15 is 0 Å². The molecule has 2 amide bonds. The molecule has 2 aliphatic rings. The van der Waals surface area contributed by atoms with E-state index in [2.05, 4.69) is 34.9 Å². The van der Waals surface area contributed by atoms with Crippen LogP contribution in [0.3, 0.4) is 0 Å². The van der Waals surface area contributed by atoms with E-state index in [4.69, 9.17) is 9.84 Å². The molecule has 34 heavy (non-hydrogen) atoms. The maximum absolute atomic E-state index is 12.9. The number of carbonyl (C=O) groups is 3. The molecule has 180 valence electrons. The zero-order valence-corrected chi connectivity index (χ0v) is 19.6. The van der Waals surface area contributed by atoms with Crippen molar-refractivity contribution >= 4 is 18.0 Å². The lowest BCUT2D eigenvalue weighted by Gasteiger charge is -2.34. The molecule has 2 aliphatic carbocycles. The van der Waals surface area contributed by atoms with Gasteiger partial charge in [0, 0.05) is 12.0 Å². The predicted molar refractivity (Wildman–Crippen MR) is 128 cm³/mol. The third-order valence-corrected chi connectivity index (χ3v) is 7.12. The van der Waals surface area contributed by atoms with E-state index < -0.39 is 24.0 Å². The molecule has 4 rings (SSSR count). The molecular formula is C27H32N2O5. The molecule has 2 unspecified atom stereocenters. The number of hydrogen-bond acceptors (Lipinski definition) is 4. The third kappa shape index (κ3) is 5.08. The van der Waals surface area contributed by atoms with Crippen LogP contribution in [0, 0.1) is 11.8 Å². The van der Waals surface area contributed by atoms with E-state index in [0.717, 1.165) is 28.7 Å². The minimum Gasteiger partial charge on any atom is -0.481 e. The molecule has 2 aromatic rings. The second-order valence-electron chi connectivity index (χ2n) is 9.48. The largest absolute Gasteiger partial charge is 0.481 e. The molecule has 0 aliphatic heterocycles. The van der Waals surface area contributed by atoms with Crippen molar-refractivity contribution in [3.63, 3.8) is 0 Å². The van der Waals surface area contributed by atoms with Gasteiger partial charge >= 0.3 is 12.1 Å². The summed E-state index contributed by atoms with van der Waals surface area (Å²) < 4.78 is 5.62. The fourth-order valence-corrected chi connectivity index (χ4v) is 4.82. The summed E-state index contributed by atoms with van der Waals surface area (Å²) in [5.74, 6) is -1.35. The normalized spacial score (nSPS) is 20.3. The number of carboxylic acid groups (broad SMARTS) is 1. The van der Waals surface area contributed by atoms with E-state index in [1.165, 1.54) is 0 Å². The number of amides is 2. The van der Waals surface area contributed by atoms with Gasteiger partial charge in [0.1, 0.15) is 12.6 Å². The van der Waals surface area contributed by atoms with Crippen molar-refractivity contribution in [2.75, 3.05) is 6.61 Å². The first kappa shape index (κ1) is 23.8. The smallest absolute Gasteiger partial charge is 0.407 e. The van der Waals surface area contributed by atoms with Crippen LogP contribution in [-0.2, 0) is 14.3 Å². The van der Waals surface area contributed by atoms with E-state index in [0.29, 0.717) is 19.3 Å². The fourth-order valence-electron chi connectivity index (χ4n) is 4.82. The quantitative estimate of drug-likeness (QED) is 0.513. The van der Waals surface area contributed by atoms with Crippen LogP contribution in [-0.4, -0.2) is 41.8 Å². The van der Waals surface area contributed by atoms with Gasteiger partial charge in [-0.3, -0.25) is 9.59 Å². The summed E-state index contributed by atoms with van der Waals surface area (Å²) in [4.78, 5) is 36.6. The van der Waals surface area contributed by atoms with E-state index in [1.54, 1.807) is 0 Å². The third-order valence-electron chi connectivity index (χ3n) is 7.12. The average molecular weight is 465 g/mol. The average Bonchev–Trinajstić information content (AvgIpc) is 3.12. The molecule has 2 atom stereocenters. The Hall–Kier alpha value is -3.35. The molecular weight excluding hydrogens is 432 g/mol. The first-order valence-corrected chi connectivity index (χ1v) is 12.0. The summed E-state index contributed by atoms with van der Waals surface area (Å²) >= 11 is 0. The minimum atomic E-state index is -0.835. The first-order chi connectivity index (χ1) is 16.4. The van der Waals surface area contributed by atoms with E-state index in [9.17, 15) is 14.4 Å². The Bertz CT molecular complexity index is 1020. The highest BCUT2D eigenvalue weighted by molar-refractivity contribution is 5.86.